The number of imidazole rings is 1. The lowest BCUT2D eigenvalue weighted by Gasteiger charge is -2.15. The van der Waals surface area contributed by atoms with Gasteiger partial charge in [0.05, 0.1) is 36.5 Å². The molecular weight excluding hydrogens is 350 g/mol. The van der Waals surface area contributed by atoms with E-state index >= 15 is 0 Å². The Balaban J connectivity index is 2.11. The van der Waals surface area contributed by atoms with Crippen LogP contribution in [0.4, 0.5) is 5.69 Å². The number of ether oxygens (including phenoxy) is 1. The Morgan fingerprint density at radius 1 is 1.54 bits per heavy atom. The van der Waals surface area contributed by atoms with Gasteiger partial charge in [0.1, 0.15) is 5.75 Å². The zero-order valence-electron chi connectivity index (χ0n) is 14.0. The number of aryl methyl sites for hydroxylation is 1. The molecule has 0 radical (unpaired) electrons. The van der Waals surface area contributed by atoms with E-state index in [-0.39, 0.29) is 17.8 Å². The van der Waals surface area contributed by atoms with Crippen molar-refractivity contribution >= 4 is 35.0 Å². The lowest BCUT2D eigenvalue weighted by Crippen LogP contribution is -2.23. The molecule has 0 spiro atoms. The molecule has 0 fully saturated rings. The highest BCUT2D eigenvalue weighted by Gasteiger charge is 2.19. The van der Waals surface area contributed by atoms with Crippen LogP contribution in [-0.4, -0.2) is 32.9 Å². The minimum absolute atomic E-state index is 0.0914. The van der Waals surface area contributed by atoms with Gasteiger partial charge < -0.3 is 19.7 Å². The van der Waals surface area contributed by atoms with Crippen LogP contribution in [0.3, 0.4) is 0 Å². The summed E-state index contributed by atoms with van der Waals surface area (Å²) in [6.45, 7) is 3.56. The monoisotopic (exact) mass is 369 g/mol. The summed E-state index contributed by atoms with van der Waals surface area (Å²) in [5, 5.41) is 12.9. The second kappa shape index (κ2) is 7.92. The Kier molecular flexibility index (Phi) is 6.15. The molecule has 0 aliphatic carbocycles. The second-order valence-electron chi connectivity index (χ2n) is 5.30. The van der Waals surface area contributed by atoms with Crippen LogP contribution in [0.25, 0.3) is 0 Å². The van der Waals surface area contributed by atoms with Crippen LogP contribution in [-0.2, 0) is 18.4 Å². The molecule has 1 atom stereocenters. The predicted octanol–water partition coefficient (Wildman–Crippen LogP) is 3.00. The number of halogens is 1. The quantitative estimate of drug-likeness (QED) is 0.765. The van der Waals surface area contributed by atoms with Gasteiger partial charge >= 0.3 is 0 Å². The lowest BCUT2D eigenvalue weighted by atomic mass is 10.2. The Hall–Kier alpha value is -1.70. The molecule has 1 aromatic carbocycles. The Bertz CT molecular complexity index is 748. The third-order valence-corrected chi connectivity index (χ3v) is 5.16. The highest BCUT2D eigenvalue weighted by atomic mass is 35.5. The molecule has 0 saturated carbocycles. The molecule has 1 unspecified atom stereocenters. The van der Waals surface area contributed by atoms with Gasteiger partial charge in [0.25, 0.3) is 0 Å². The maximum absolute atomic E-state index is 12.5. The first-order valence-corrected chi connectivity index (χ1v) is 8.56. The smallest absolute Gasteiger partial charge is 0.237 e. The maximum Gasteiger partial charge on any atom is 0.237 e. The van der Waals surface area contributed by atoms with E-state index in [1.807, 2.05) is 6.92 Å². The molecule has 1 aromatic heterocycles. The van der Waals surface area contributed by atoms with Gasteiger partial charge in [-0.25, -0.2) is 4.98 Å². The molecule has 1 heterocycles. The Morgan fingerprint density at radius 3 is 2.83 bits per heavy atom. The number of amides is 1. The summed E-state index contributed by atoms with van der Waals surface area (Å²) < 4.78 is 7.03. The van der Waals surface area contributed by atoms with E-state index in [1.165, 1.54) is 18.9 Å². The van der Waals surface area contributed by atoms with Crippen molar-refractivity contribution in [3.63, 3.8) is 0 Å². The third-order valence-electron chi connectivity index (χ3n) is 3.59. The van der Waals surface area contributed by atoms with Crippen LogP contribution in [0, 0.1) is 6.92 Å². The van der Waals surface area contributed by atoms with Gasteiger partial charge in [0, 0.05) is 18.1 Å². The van der Waals surface area contributed by atoms with Crippen molar-refractivity contribution in [1.82, 2.24) is 9.55 Å². The highest BCUT2D eigenvalue weighted by molar-refractivity contribution is 8.00. The minimum Gasteiger partial charge on any atom is -0.495 e. The standard InChI is InChI=1S/C16H20ClN3O3S/c1-9-5-13(14(23-4)6-12(9)17)19-15(22)10(2)24-16-18-7-11(8-21)20(16)3/h5-7,10,21H,8H2,1-4H3,(H,19,22). The maximum atomic E-state index is 12.5. The average molecular weight is 370 g/mol. The molecule has 0 aliphatic heterocycles. The molecule has 2 aromatic rings. The summed E-state index contributed by atoms with van der Waals surface area (Å²) in [6, 6.07) is 3.46. The van der Waals surface area contributed by atoms with Crippen molar-refractivity contribution in [2.45, 2.75) is 30.9 Å². The van der Waals surface area contributed by atoms with Crippen molar-refractivity contribution in [2.24, 2.45) is 7.05 Å². The molecule has 8 heteroatoms. The van der Waals surface area contributed by atoms with Crippen molar-refractivity contribution in [2.75, 3.05) is 12.4 Å². The second-order valence-corrected chi connectivity index (χ2v) is 7.02. The van der Waals surface area contributed by atoms with E-state index in [1.54, 1.807) is 36.9 Å². The molecule has 130 valence electrons. The van der Waals surface area contributed by atoms with Crippen LogP contribution in [0.1, 0.15) is 18.2 Å². The average Bonchev–Trinajstić information content (AvgIpc) is 2.90. The number of anilines is 1. The molecule has 24 heavy (non-hydrogen) atoms. The van der Waals surface area contributed by atoms with Crippen molar-refractivity contribution < 1.29 is 14.6 Å². The van der Waals surface area contributed by atoms with Crippen LogP contribution in [0.15, 0.2) is 23.5 Å². The van der Waals surface area contributed by atoms with Gasteiger partial charge in [-0.15, -0.1) is 0 Å². The summed E-state index contributed by atoms with van der Waals surface area (Å²) in [5.41, 5.74) is 2.12. The predicted molar refractivity (Wildman–Crippen MR) is 95.8 cm³/mol. The third kappa shape index (κ3) is 4.03. The van der Waals surface area contributed by atoms with Gasteiger partial charge in [-0.2, -0.15) is 0 Å². The fourth-order valence-corrected chi connectivity index (χ4v) is 3.08. The number of nitrogens with one attached hydrogen (secondary N) is 1. The van der Waals surface area contributed by atoms with E-state index in [0.717, 1.165) is 5.56 Å². The molecule has 0 saturated heterocycles. The molecule has 0 aliphatic rings. The summed E-state index contributed by atoms with van der Waals surface area (Å²) in [5.74, 6) is 0.337. The molecule has 6 nitrogen and oxygen atoms in total. The van der Waals surface area contributed by atoms with Crippen LogP contribution >= 0.6 is 23.4 Å². The molecule has 1 amide bonds. The molecular formula is C16H20ClN3O3S. The van der Waals surface area contributed by atoms with Gasteiger partial charge in [-0.3, -0.25) is 4.79 Å². The summed E-state index contributed by atoms with van der Waals surface area (Å²) >= 11 is 7.39. The topological polar surface area (TPSA) is 76.4 Å². The number of aromatic nitrogens is 2. The number of thioether (sulfide) groups is 1. The van der Waals surface area contributed by atoms with Crippen LogP contribution < -0.4 is 10.1 Å². The number of rotatable bonds is 6. The zero-order valence-corrected chi connectivity index (χ0v) is 15.5. The zero-order chi connectivity index (χ0) is 17.9. The van der Waals surface area contributed by atoms with E-state index in [4.69, 9.17) is 16.3 Å². The van der Waals surface area contributed by atoms with Gasteiger partial charge in [0.2, 0.25) is 5.91 Å². The van der Waals surface area contributed by atoms with Crippen LogP contribution in [0.5, 0.6) is 5.75 Å². The number of carbonyl (C=O) groups is 1. The first kappa shape index (κ1) is 18.6. The Labute approximate surface area is 150 Å². The minimum atomic E-state index is -0.377. The number of hydrogen-bond acceptors (Lipinski definition) is 5. The number of aliphatic hydroxyl groups excluding tert-OH is 1. The van der Waals surface area contributed by atoms with E-state index in [9.17, 15) is 9.90 Å². The van der Waals surface area contributed by atoms with Gasteiger partial charge in [-0.05, 0) is 25.5 Å². The normalized spacial score (nSPS) is 12.1. The van der Waals surface area contributed by atoms with Crippen LogP contribution in [0.2, 0.25) is 5.02 Å². The largest absolute Gasteiger partial charge is 0.495 e. The van der Waals surface area contributed by atoms with E-state index < -0.39 is 0 Å². The SMILES string of the molecule is COc1cc(Cl)c(C)cc1NC(=O)C(C)Sc1ncc(CO)n1C. The van der Waals surface area contributed by atoms with E-state index in [2.05, 4.69) is 10.3 Å². The molecule has 2 N–H and O–H groups in total. The number of nitrogens with zero attached hydrogens (tertiary/aromatic N) is 2. The summed E-state index contributed by atoms with van der Waals surface area (Å²) in [4.78, 5) is 16.7. The van der Waals surface area contributed by atoms with E-state index in [0.29, 0.717) is 27.3 Å². The highest BCUT2D eigenvalue weighted by Crippen LogP contribution is 2.32. The number of hydrogen-bond donors (Lipinski definition) is 2. The van der Waals surface area contributed by atoms with Gasteiger partial charge in [-0.1, -0.05) is 23.4 Å². The fourth-order valence-electron chi connectivity index (χ4n) is 2.06. The molecule has 0 bridgehead atoms. The number of aliphatic hydroxyl groups is 1. The first-order valence-electron chi connectivity index (χ1n) is 7.30. The summed E-state index contributed by atoms with van der Waals surface area (Å²) in [7, 11) is 3.33. The van der Waals surface area contributed by atoms with Crippen molar-refractivity contribution in [3.8, 4) is 5.75 Å². The Morgan fingerprint density at radius 2 is 2.25 bits per heavy atom. The van der Waals surface area contributed by atoms with Crippen molar-refractivity contribution in [1.29, 1.82) is 0 Å². The number of benzene rings is 1. The lowest BCUT2D eigenvalue weighted by molar-refractivity contribution is -0.115. The first-order chi connectivity index (χ1) is 11.4. The number of carbonyl (C=O) groups excluding carboxylic acids is 1. The van der Waals surface area contributed by atoms with Crippen molar-refractivity contribution in [3.05, 3.63) is 34.6 Å². The summed E-state index contributed by atoms with van der Waals surface area (Å²) in [6.07, 6.45) is 1.60. The number of methoxy groups -OCH3 is 1. The molecule has 2 rings (SSSR count). The fraction of sp³-hybridized carbons (Fsp3) is 0.375. The van der Waals surface area contributed by atoms with Gasteiger partial charge in [0.15, 0.2) is 5.16 Å².